The molecule has 2 aliphatic rings. The molecule has 8 heteroatoms. The molecule has 0 spiro atoms. The highest BCUT2D eigenvalue weighted by Gasteiger charge is 2.36. The zero-order chi connectivity index (χ0) is 23.1. The van der Waals surface area contributed by atoms with Gasteiger partial charge in [0.15, 0.2) is 5.76 Å². The van der Waals surface area contributed by atoms with E-state index in [1.54, 1.807) is 12.3 Å². The number of nitrogens with zero attached hydrogens (tertiary/aromatic N) is 3. The first-order valence-electron chi connectivity index (χ1n) is 11.0. The van der Waals surface area contributed by atoms with Gasteiger partial charge in [0, 0.05) is 46.1 Å². The number of furan rings is 1. The Bertz CT molecular complexity index is 1300. The van der Waals surface area contributed by atoms with Gasteiger partial charge in [-0.3, -0.25) is 14.6 Å². The standard InChI is InChI=1S/C25H23BrN4O3/c1-14-10-16-6-3-4-8-20(16)30(14)25(32)23-15(2)22-19(7-5-9-21(22)33-23)28-29-24(31)17-11-18(26)13-27-12-17/h3-4,6,8,11-14H,5,7,9-10H2,1-2H3,(H,29,31)/b28-19+. The average molecular weight is 507 g/mol. The SMILES string of the molecule is Cc1c(C(=O)N2c3ccccc3CC2C)oc2c1/C(=N/NC(=O)c1cncc(Br)c1)CCC2. The Balaban J connectivity index is 1.44. The molecule has 7 nitrogen and oxygen atoms in total. The monoisotopic (exact) mass is 506 g/mol. The quantitative estimate of drug-likeness (QED) is 0.516. The molecule has 2 amide bonds. The van der Waals surface area contributed by atoms with Gasteiger partial charge in [-0.05, 0) is 66.7 Å². The van der Waals surface area contributed by atoms with E-state index in [-0.39, 0.29) is 17.9 Å². The van der Waals surface area contributed by atoms with Crippen LogP contribution in [0.5, 0.6) is 0 Å². The zero-order valence-electron chi connectivity index (χ0n) is 18.4. The topological polar surface area (TPSA) is 87.8 Å². The second-order valence-corrected chi connectivity index (χ2v) is 9.37. The van der Waals surface area contributed by atoms with Crippen LogP contribution in [-0.2, 0) is 12.8 Å². The maximum absolute atomic E-state index is 13.6. The van der Waals surface area contributed by atoms with E-state index in [9.17, 15) is 9.59 Å². The molecule has 1 aliphatic carbocycles. The summed E-state index contributed by atoms with van der Waals surface area (Å²) < 4.78 is 6.83. The fourth-order valence-electron chi connectivity index (χ4n) is 4.69. The van der Waals surface area contributed by atoms with Gasteiger partial charge in [0.2, 0.25) is 0 Å². The van der Waals surface area contributed by atoms with Crippen LogP contribution >= 0.6 is 15.9 Å². The minimum Gasteiger partial charge on any atom is -0.455 e. The van der Waals surface area contributed by atoms with Crippen molar-refractivity contribution in [2.45, 2.75) is 45.6 Å². The molecular formula is C25H23BrN4O3. The van der Waals surface area contributed by atoms with Crippen molar-refractivity contribution in [2.75, 3.05) is 4.90 Å². The molecule has 3 aromatic rings. The molecule has 1 unspecified atom stereocenters. The fourth-order valence-corrected chi connectivity index (χ4v) is 5.05. The number of pyridine rings is 1. The maximum Gasteiger partial charge on any atom is 0.294 e. The van der Waals surface area contributed by atoms with E-state index in [1.807, 2.05) is 30.0 Å². The van der Waals surface area contributed by atoms with Gasteiger partial charge >= 0.3 is 0 Å². The summed E-state index contributed by atoms with van der Waals surface area (Å²) in [6.07, 6.45) is 6.19. The van der Waals surface area contributed by atoms with Crippen molar-refractivity contribution in [3.63, 3.8) is 0 Å². The highest BCUT2D eigenvalue weighted by atomic mass is 79.9. The van der Waals surface area contributed by atoms with Crippen LogP contribution in [0.2, 0.25) is 0 Å². The molecule has 0 saturated heterocycles. The second kappa shape index (κ2) is 8.59. The van der Waals surface area contributed by atoms with Crippen molar-refractivity contribution in [2.24, 2.45) is 5.10 Å². The molecule has 168 valence electrons. The molecule has 5 rings (SSSR count). The molecule has 0 fully saturated rings. The van der Waals surface area contributed by atoms with Crippen molar-refractivity contribution in [1.29, 1.82) is 0 Å². The Hall–Kier alpha value is -3.26. The van der Waals surface area contributed by atoms with Crippen LogP contribution in [0.1, 0.15) is 63.1 Å². The number of rotatable bonds is 3. The lowest BCUT2D eigenvalue weighted by Crippen LogP contribution is -2.35. The minimum absolute atomic E-state index is 0.0580. The molecule has 0 radical (unpaired) electrons. The van der Waals surface area contributed by atoms with Gasteiger partial charge < -0.3 is 9.32 Å². The Labute approximate surface area is 200 Å². The summed E-state index contributed by atoms with van der Waals surface area (Å²) in [7, 11) is 0. The molecule has 1 aliphatic heterocycles. The molecule has 1 atom stereocenters. The molecule has 33 heavy (non-hydrogen) atoms. The highest BCUT2D eigenvalue weighted by molar-refractivity contribution is 9.10. The van der Waals surface area contributed by atoms with Gasteiger partial charge in [0.25, 0.3) is 11.8 Å². The van der Waals surface area contributed by atoms with E-state index < -0.39 is 0 Å². The number of amides is 2. The molecule has 0 bridgehead atoms. The number of nitrogens with one attached hydrogen (secondary N) is 1. The molecule has 1 N–H and O–H groups in total. The van der Waals surface area contributed by atoms with Crippen LogP contribution in [0.4, 0.5) is 5.69 Å². The number of hydrogen-bond acceptors (Lipinski definition) is 5. The first-order chi connectivity index (χ1) is 15.9. The van der Waals surface area contributed by atoms with Crippen LogP contribution in [0, 0.1) is 6.92 Å². The number of fused-ring (bicyclic) bond motifs is 2. The van der Waals surface area contributed by atoms with Crippen molar-refractivity contribution in [3.05, 3.63) is 81.0 Å². The molecule has 3 heterocycles. The van der Waals surface area contributed by atoms with Crippen LogP contribution < -0.4 is 10.3 Å². The summed E-state index contributed by atoms with van der Waals surface area (Å²) in [4.78, 5) is 31.9. The lowest BCUT2D eigenvalue weighted by molar-refractivity contribution is 0.0945. The van der Waals surface area contributed by atoms with Gasteiger partial charge in [-0.15, -0.1) is 0 Å². The molecule has 1 aromatic carbocycles. The van der Waals surface area contributed by atoms with Gasteiger partial charge in [-0.25, -0.2) is 5.43 Å². The van der Waals surface area contributed by atoms with E-state index in [1.165, 1.54) is 11.8 Å². The van der Waals surface area contributed by atoms with E-state index in [0.29, 0.717) is 22.2 Å². The fraction of sp³-hybridized carbons (Fsp3) is 0.280. The summed E-state index contributed by atoms with van der Waals surface area (Å²) in [6, 6.07) is 9.73. The normalized spacial score (nSPS) is 18.2. The Kier molecular flexibility index (Phi) is 5.62. The molecule has 2 aromatic heterocycles. The summed E-state index contributed by atoms with van der Waals surface area (Å²) in [6.45, 7) is 3.94. The minimum atomic E-state index is -0.344. The summed E-state index contributed by atoms with van der Waals surface area (Å²) in [5, 5.41) is 4.40. The predicted octanol–water partition coefficient (Wildman–Crippen LogP) is 4.81. The predicted molar refractivity (Wildman–Crippen MR) is 129 cm³/mol. The van der Waals surface area contributed by atoms with Gasteiger partial charge in [0.1, 0.15) is 5.76 Å². The van der Waals surface area contributed by atoms with Crippen LogP contribution in [-0.4, -0.2) is 28.6 Å². The summed E-state index contributed by atoms with van der Waals surface area (Å²) in [5.74, 6) is 0.617. The number of aromatic nitrogens is 1. The number of halogens is 1. The third-order valence-electron chi connectivity index (χ3n) is 6.21. The number of para-hydroxylation sites is 1. The second-order valence-electron chi connectivity index (χ2n) is 8.46. The largest absolute Gasteiger partial charge is 0.455 e. The Morgan fingerprint density at radius 3 is 2.88 bits per heavy atom. The van der Waals surface area contributed by atoms with Crippen LogP contribution in [0.3, 0.4) is 0 Å². The lowest BCUT2D eigenvalue weighted by Gasteiger charge is -2.21. The van der Waals surface area contributed by atoms with E-state index in [0.717, 1.165) is 47.5 Å². The van der Waals surface area contributed by atoms with Crippen LogP contribution in [0.25, 0.3) is 0 Å². The maximum atomic E-state index is 13.6. The first kappa shape index (κ1) is 21.6. The Morgan fingerprint density at radius 1 is 1.24 bits per heavy atom. The smallest absolute Gasteiger partial charge is 0.294 e. The summed E-state index contributed by atoms with van der Waals surface area (Å²) >= 11 is 3.32. The van der Waals surface area contributed by atoms with E-state index in [2.05, 4.69) is 44.4 Å². The number of benzene rings is 1. The number of carbonyl (C=O) groups is 2. The van der Waals surface area contributed by atoms with Crippen molar-refractivity contribution in [3.8, 4) is 0 Å². The number of anilines is 1. The Morgan fingerprint density at radius 2 is 2.06 bits per heavy atom. The van der Waals surface area contributed by atoms with Gasteiger partial charge in [-0.2, -0.15) is 5.10 Å². The highest BCUT2D eigenvalue weighted by Crippen LogP contribution is 2.36. The summed E-state index contributed by atoms with van der Waals surface area (Å²) in [5.41, 5.74) is 7.46. The van der Waals surface area contributed by atoms with Crippen molar-refractivity contribution >= 4 is 39.1 Å². The average Bonchev–Trinajstić information content (AvgIpc) is 3.33. The number of carbonyl (C=O) groups excluding carboxylic acids is 2. The van der Waals surface area contributed by atoms with E-state index >= 15 is 0 Å². The van der Waals surface area contributed by atoms with Gasteiger partial charge in [0.05, 0.1) is 11.3 Å². The van der Waals surface area contributed by atoms with Crippen LogP contribution in [0.15, 0.2) is 56.7 Å². The van der Waals surface area contributed by atoms with E-state index in [4.69, 9.17) is 4.42 Å². The molecular weight excluding hydrogens is 484 g/mol. The van der Waals surface area contributed by atoms with Crippen molar-refractivity contribution < 1.29 is 14.0 Å². The lowest BCUT2D eigenvalue weighted by atomic mass is 9.93. The molecule has 0 saturated carbocycles. The number of aryl methyl sites for hydroxylation is 1. The first-order valence-corrected chi connectivity index (χ1v) is 11.7. The zero-order valence-corrected chi connectivity index (χ0v) is 20.0. The van der Waals surface area contributed by atoms with Gasteiger partial charge in [-0.1, -0.05) is 18.2 Å². The number of hydrogen-bond donors (Lipinski definition) is 1. The third kappa shape index (κ3) is 3.88. The third-order valence-corrected chi connectivity index (χ3v) is 6.64. The number of hydrazone groups is 1. The van der Waals surface area contributed by atoms with Crippen molar-refractivity contribution in [1.82, 2.24) is 10.4 Å².